The van der Waals surface area contributed by atoms with Crippen molar-refractivity contribution in [3.8, 4) is 0 Å². The summed E-state index contributed by atoms with van der Waals surface area (Å²) in [7, 11) is 0. The van der Waals surface area contributed by atoms with Gasteiger partial charge in [-0.1, -0.05) is 30.3 Å². The fraction of sp³-hybridized carbons (Fsp3) is 0.273. The maximum atomic E-state index is 12.2. The number of fused-ring (bicyclic) bond motifs is 2. The Morgan fingerprint density at radius 3 is 2.81 bits per heavy atom. The van der Waals surface area contributed by atoms with Crippen LogP contribution in [0.2, 0.25) is 0 Å². The molecule has 1 atom stereocenters. The topological polar surface area (TPSA) is 55.1 Å². The second-order valence-electron chi connectivity index (χ2n) is 6.82. The predicted molar refractivity (Wildman–Crippen MR) is 103 cm³/mol. The van der Waals surface area contributed by atoms with Gasteiger partial charge in [0.25, 0.3) is 0 Å². The summed E-state index contributed by atoms with van der Waals surface area (Å²) in [5.74, 6) is 0.278. The lowest BCUT2D eigenvalue weighted by Gasteiger charge is -2.19. The first kappa shape index (κ1) is 16.6. The van der Waals surface area contributed by atoms with Crippen LogP contribution < -0.4 is 5.32 Å². The van der Waals surface area contributed by atoms with Crippen molar-refractivity contribution < 1.29 is 9.21 Å². The zero-order valence-corrected chi connectivity index (χ0v) is 14.9. The van der Waals surface area contributed by atoms with E-state index in [-0.39, 0.29) is 11.9 Å². The van der Waals surface area contributed by atoms with E-state index in [1.807, 2.05) is 31.2 Å². The van der Waals surface area contributed by atoms with Crippen molar-refractivity contribution in [2.24, 2.45) is 0 Å². The monoisotopic (exact) mass is 346 g/mol. The number of hydrogen-bond acceptors (Lipinski definition) is 3. The van der Waals surface area contributed by atoms with Crippen molar-refractivity contribution in [3.05, 3.63) is 71.1 Å². The Balaban J connectivity index is 1.42. The number of carbonyl (C=O) groups is 1. The average molecular weight is 346 g/mol. The Kier molecular flexibility index (Phi) is 4.57. The molecule has 0 saturated carbocycles. The smallest absolute Gasteiger partial charge is 0.244 e. The summed E-state index contributed by atoms with van der Waals surface area (Å²) < 4.78 is 5.59. The lowest BCUT2D eigenvalue weighted by Crippen LogP contribution is -2.24. The molecule has 0 spiro atoms. The van der Waals surface area contributed by atoms with Gasteiger partial charge in [-0.25, -0.2) is 4.98 Å². The van der Waals surface area contributed by atoms with Gasteiger partial charge in [0.15, 0.2) is 5.58 Å². The molecule has 4 heteroatoms. The number of oxazole rings is 1. The minimum Gasteiger partial charge on any atom is -0.437 e. The van der Waals surface area contributed by atoms with Gasteiger partial charge in [0.2, 0.25) is 11.8 Å². The van der Waals surface area contributed by atoms with Crippen molar-refractivity contribution in [1.29, 1.82) is 0 Å². The predicted octanol–water partition coefficient (Wildman–Crippen LogP) is 4.60. The SMILES string of the molecule is CC(NC(=O)/C=C/c1nc2ccccc2o1)c1ccc2c(c1)CCCC2. The summed E-state index contributed by atoms with van der Waals surface area (Å²) in [4.78, 5) is 16.6. The minimum absolute atomic E-state index is 0.0389. The Morgan fingerprint density at radius 2 is 1.96 bits per heavy atom. The van der Waals surface area contributed by atoms with Crippen molar-refractivity contribution in [2.45, 2.75) is 38.6 Å². The number of hydrogen-bond donors (Lipinski definition) is 1. The first-order valence-corrected chi connectivity index (χ1v) is 9.15. The van der Waals surface area contributed by atoms with E-state index in [2.05, 4.69) is 28.5 Å². The van der Waals surface area contributed by atoms with E-state index >= 15 is 0 Å². The van der Waals surface area contributed by atoms with E-state index in [0.717, 1.165) is 23.1 Å². The third-order valence-corrected chi connectivity index (χ3v) is 4.92. The van der Waals surface area contributed by atoms with Crippen LogP contribution in [0.5, 0.6) is 0 Å². The first-order chi connectivity index (χ1) is 12.7. The fourth-order valence-corrected chi connectivity index (χ4v) is 3.48. The van der Waals surface area contributed by atoms with Gasteiger partial charge < -0.3 is 9.73 Å². The molecule has 1 N–H and O–H groups in total. The van der Waals surface area contributed by atoms with Crippen LogP contribution in [0, 0.1) is 0 Å². The summed E-state index contributed by atoms with van der Waals surface area (Å²) in [6.45, 7) is 2.01. The van der Waals surface area contributed by atoms with Crippen molar-refractivity contribution in [1.82, 2.24) is 10.3 Å². The minimum atomic E-state index is -0.155. The molecular weight excluding hydrogens is 324 g/mol. The lowest BCUT2D eigenvalue weighted by molar-refractivity contribution is -0.117. The van der Waals surface area contributed by atoms with Crippen LogP contribution in [0.1, 0.15) is 48.4 Å². The summed E-state index contributed by atoms with van der Waals surface area (Å²) in [5, 5.41) is 3.01. The van der Waals surface area contributed by atoms with Crippen molar-refractivity contribution >= 4 is 23.1 Å². The van der Waals surface area contributed by atoms with E-state index in [9.17, 15) is 4.79 Å². The highest BCUT2D eigenvalue weighted by molar-refractivity contribution is 5.91. The Labute approximate surface area is 152 Å². The van der Waals surface area contributed by atoms with E-state index < -0.39 is 0 Å². The van der Waals surface area contributed by atoms with E-state index in [1.54, 1.807) is 6.08 Å². The molecule has 4 rings (SSSR count). The molecule has 0 aliphatic heterocycles. The third kappa shape index (κ3) is 3.54. The van der Waals surface area contributed by atoms with Gasteiger partial charge in [-0.05, 0) is 61.4 Å². The molecule has 1 aliphatic rings. The molecule has 0 radical (unpaired) electrons. The van der Waals surface area contributed by atoms with E-state index in [4.69, 9.17) is 4.42 Å². The maximum Gasteiger partial charge on any atom is 0.244 e. The zero-order chi connectivity index (χ0) is 17.9. The van der Waals surface area contributed by atoms with E-state index in [1.165, 1.54) is 36.5 Å². The molecule has 1 amide bonds. The number of nitrogens with one attached hydrogen (secondary N) is 1. The average Bonchev–Trinajstić information content (AvgIpc) is 3.09. The Bertz CT molecular complexity index is 938. The number of aryl methyl sites for hydroxylation is 2. The zero-order valence-electron chi connectivity index (χ0n) is 14.9. The summed E-state index contributed by atoms with van der Waals surface area (Å²) >= 11 is 0. The van der Waals surface area contributed by atoms with Crippen LogP contribution in [0.4, 0.5) is 0 Å². The standard InChI is InChI=1S/C22H22N2O2/c1-15(17-11-10-16-6-2-3-7-18(16)14-17)23-21(25)12-13-22-24-19-8-4-5-9-20(19)26-22/h4-5,8-15H,2-3,6-7H2,1H3,(H,23,25)/b13-12+. The van der Waals surface area contributed by atoms with Crippen molar-refractivity contribution in [2.75, 3.05) is 0 Å². The van der Waals surface area contributed by atoms with Gasteiger partial charge in [-0.3, -0.25) is 4.79 Å². The second-order valence-corrected chi connectivity index (χ2v) is 6.82. The highest BCUT2D eigenvalue weighted by Crippen LogP contribution is 2.24. The number of benzene rings is 2. The normalized spacial score (nSPS) is 15.1. The van der Waals surface area contributed by atoms with Crippen molar-refractivity contribution in [3.63, 3.8) is 0 Å². The molecule has 1 unspecified atom stereocenters. The molecule has 3 aromatic rings. The van der Waals surface area contributed by atoms with Crippen LogP contribution >= 0.6 is 0 Å². The lowest BCUT2D eigenvalue weighted by atomic mass is 9.89. The highest BCUT2D eigenvalue weighted by Gasteiger charge is 2.13. The first-order valence-electron chi connectivity index (χ1n) is 9.15. The summed E-state index contributed by atoms with van der Waals surface area (Å²) in [5.41, 5.74) is 5.53. The highest BCUT2D eigenvalue weighted by atomic mass is 16.3. The molecule has 4 nitrogen and oxygen atoms in total. The molecule has 1 heterocycles. The van der Waals surface area contributed by atoms with Gasteiger partial charge in [-0.2, -0.15) is 0 Å². The quantitative estimate of drug-likeness (QED) is 0.703. The van der Waals surface area contributed by atoms with Gasteiger partial charge >= 0.3 is 0 Å². The fourth-order valence-electron chi connectivity index (χ4n) is 3.48. The Morgan fingerprint density at radius 1 is 1.15 bits per heavy atom. The summed E-state index contributed by atoms with van der Waals surface area (Å²) in [6, 6.07) is 14.1. The van der Waals surface area contributed by atoms with Gasteiger partial charge in [0.1, 0.15) is 5.52 Å². The number of rotatable bonds is 4. The number of para-hydroxylation sites is 2. The van der Waals surface area contributed by atoms with Gasteiger partial charge in [0.05, 0.1) is 6.04 Å². The van der Waals surface area contributed by atoms with Crippen LogP contribution in [-0.2, 0) is 17.6 Å². The van der Waals surface area contributed by atoms with Gasteiger partial charge in [0, 0.05) is 12.2 Å². The molecule has 0 bridgehead atoms. The number of aromatic nitrogens is 1. The molecule has 1 aromatic heterocycles. The number of nitrogens with zero attached hydrogens (tertiary/aromatic N) is 1. The molecule has 2 aromatic carbocycles. The molecule has 0 saturated heterocycles. The maximum absolute atomic E-state index is 12.2. The molecular formula is C22H22N2O2. The number of amides is 1. The van der Waals surface area contributed by atoms with Crippen LogP contribution in [0.15, 0.2) is 53.0 Å². The molecule has 1 aliphatic carbocycles. The molecule has 132 valence electrons. The Hall–Kier alpha value is -2.88. The second kappa shape index (κ2) is 7.16. The number of carbonyl (C=O) groups excluding carboxylic acids is 1. The molecule has 26 heavy (non-hydrogen) atoms. The largest absolute Gasteiger partial charge is 0.437 e. The van der Waals surface area contributed by atoms with Crippen LogP contribution in [0.25, 0.3) is 17.2 Å². The van der Waals surface area contributed by atoms with Crippen LogP contribution in [0.3, 0.4) is 0 Å². The third-order valence-electron chi connectivity index (χ3n) is 4.92. The van der Waals surface area contributed by atoms with Crippen LogP contribution in [-0.4, -0.2) is 10.9 Å². The molecule has 0 fully saturated rings. The van der Waals surface area contributed by atoms with Gasteiger partial charge in [-0.15, -0.1) is 0 Å². The summed E-state index contributed by atoms with van der Waals surface area (Å²) in [6.07, 6.45) is 7.92. The van der Waals surface area contributed by atoms with E-state index in [0.29, 0.717) is 5.89 Å².